The third kappa shape index (κ3) is 5.97. The molecule has 2 unspecified atom stereocenters. The van der Waals surface area contributed by atoms with Crippen molar-refractivity contribution >= 4 is 11.9 Å². The Morgan fingerprint density at radius 2 is 2.07 bits per heavy atom. The number of nitrogens with zero attached hydrogens (tertiary/aromatic N) is 1. The van der Waals surface area contributed by atoms with E-state index in [9.17, 15) is 14.7 Å². The fourth-order valence-corrected chi connectivity index (χ4v) is 3.13. The van der Waals surface area contributed by atoms with Crippen molar-refractivity contribution < 1.29 is 19.8 Å². The highest BCUT2D eigenvalue weighted by molar-refractivity contribution is 5.87. The van der Waals surface area contributed by atoms with Gasteiger partial charge in [0.1, 0.15) is 0 Å². The molecule has 2 rings (SSSR count). The highest BCUT2D eigenvalue weighted by atomic mass is 16.4. The normalized spacial score (nSPS) is 19.0. The summed E-state index contributed by atoms with van der Waals surface area (Å²) in [5, 5.41) is 19.2. The van der Waals surface area contributed by atoms with E-state index in [4.69, 9.17) is 5.11 Å². The maximum atomic E-state index is 12.2. The highest BCUT2D eigenvalue weighted by Gasteiger charge is 2.28. The van der Waals surface area contributed by atoms with Crippen LogP contribution < -0.4 is 0 Å². The molecular weight excluding hydrogens is 342 g/mol. The van der Waals surface area contributed by atoms with Gasteiger partial charge in [-0.1, -0.05) is 31.2 Å². The van der Waals surface area contributed by atoms with Gasteiger partial charge in [0.05, 0.1) is 17.7 Å². The van der Waals surface area contributed by atoms with Gasteiger partial charge in [-0.25, -0.2) is 4.79 Å². The van der Waals surface area contributed by atoms with E-state index in [1.807, 2.05) is 17.9 Å². The Morgan fingerprint density at radius 3 is 2.70 bits per heavy atom. The summed E-state index contributed by atoms with van der Waals surface area (Å²) in [6.07, 6.45) is 5.71. The number of likely N-dealkylation sites (tertiary alicyclic amines) is 1. The molecule has 1 aliphatic rings. The minimum Gasteiger partial charge on any atom is -0.478 e. The standard InChI is InChI=1S/C22H27NO4/c1-3-4-5-16(2)20(24)12-10-19-11-13-21(25)23(19)15-14-17-6-8-18(9-7-17)22(26)27/h6-10,12,16,19-20,24H,5,11,13-15H2,1-2H3,(H,26,27)/b12-10+/t16?,19-,20?/m0/s1. The summed E-state index contributed by atoms with van der Waals surface area (Å²) < 4.78 is 0. The van der Waals surface area contributed by atoms with Crippen LogP contribution in [0.5, 0.6) is 0 Å². The van der Waals surface area contributed by atoms with E-state index in [1.165, 1.54) is 0 Å². The third-order valence-electron chi connectivity index (χ3n) is 4.93. The molecule has 1 aromatic carbocycles. The number of carbonyl (C=O) groups excluding carboxylic acids is 1. The number of carboxylic acid groups (broad SMARTS) is 1. The molecule has 2 N–H and O–H groups in total. The van der Waals surface area contributed by atoms with E-state index in [2.05, 4.69) is 11.8 Å². The smallest absolute Gasteiger partial charge is 0.335 e. The van der Waals surface area contributed by atoms with Gasteiger partial charge in [-0.05, 0) is 43.4 Å². The molecule has 0 saturated carbocycles. The number of carbonyl (C=O) groups is 2. The number of benzene rings is 1. The second-order valence-corrected chi connectivity index (χ2v) is 6.93. The molecule has 1 saturated heterocycles. The van der Waals surface area contributed by atoms with E-state index in [0.29, 0.717) is 25.8 Å². The second-order valence-electron chi connectivity index (χ2n) is 6.93. The lowest BCUT2D eigenvalue weighted by molar-refractivity contribution is -0.128. The zero-order valence-electron chi connectivity index (χ0n) is 15.9. The number of amides is 1. The van der Waals surface area contributed by atoms with Gasteiger partial charge in [0.2, 0.25) is 5.91 Å². The van der Waals surface area contributed by atoms with Crippen LogP contribution in [0.4, 0.5) is 0 Å². The second kappa shape index (κ2) is 9.94. The predicted molar refractivity (Wildman–Crippen MR) is 104 cm³/mol. The molecule has 1 fully saturated rings. The molecule has 1 aromatic rings. The Hall–Kier alpha value is -2.58. The summed E-state index contributed by atoms with van der Waals surface area (Å²) in [6, 6.07) is 6.73. The topological polar surface area (TPSA) is 77.8 Å². The van der Waals surface area contributed by atoms with E-state index < -0.39 is 12.1 Å². The van der Waals surface area contributed by atoms with Crippen LogP contribution >= 0.6 is 0 Å². The zero-order chi connectivity index (χ0) is 19.8. The molecule has 0 bridgehead atoms. The summed E-state index contributed by atoms with van der Waals surface area (Å²) in [5.74, 6) is 5.03. The molecule has 144 valence electrons. The molecule has 0 radical (unpaired) electrons. The summed E-state index contributed by atoms with van der Waals surface area (Å²) in [6.45, 7) is 4.32. The summed E-state index contributed by atoms with van der Waals surface area (Å²) >= 11 is 0. The molecule has 3 atom stereocenters. The van der Waals surface area contributed by atoms with Crippen LogP contribution in [0.3, 0.4) is 0 Å². The average molecular weight is 369 g/mol. The van der Waals surface area contributed by atoms with Gasteiger partial charge >= 0.3 is 5.97 Å². The van der Waals surface area contributed by atoms with Gasteiger partial charge in [-0.3, -0.25) is 4.79 Å². The maximum Gasteiger partial charge on any atom is 0.335 e. The number of aromatic carboxylic acids is 1. The molecule has 0 spiro atoms. The Balaban J connectivity index is 1.93. The van der Waals surface area contributed by atoms with Gasteiger partial charge in [-0.15, -0.1) is 11.8 Å². The highest BCUT2D eigenvalue weighted by Crippen LogP contribution is 2.21. The summed E-state index contributed by atoms with van der Waals surface area (Å²) in [5.41, 5.74) is 1.25. The summed E-state index contributed by atoms with van der Waals surface area (Å²) in [4.78, 5) is 25.0. The van der Waals surface area contributed by atoms with E-state index in [-0.39, 0.29) is 23.4 Å². The van der Waals surface area contributed by atoms with Crippen molar-refractivity contribution in [1.82, 2.24) is 4.90 Å². The van der Waals surface area contributed by atoms with Gasteiger partial charge < -0.3 is 15.1 Å². The number of rotatable bonds is 8. The van der Waals surface area contributed by atoms with Gasteiger partial charge in [0, 0.05) is 19.4 Å². The fraction of sp³-hybridized carbons (Fsp3) is 0.455. The predicted octanol–water partition coefficient (Wildman–Crippen LogP) is 2.88. The van der Waals surface area contributed by atoms with Crippen LogP contribution in [0.1, 0.15) is 49.0 Å². The minimum absolute atomic E-state index is 0.00472. The van der Waals surface area contributed by atoms with Crippen molar-refractivity contribution in [2.24, 2.45) is 5.92 Å². The van der Waals surface area contributed by atoms with E-state index in [0.717, 1.165) is 12.0 Å². The minimum atomic E-state index is -0.945. The molecule has 5 heteroatoms. The first-order valence-electron chi connectivity index (χ1n) is 9.30. The van der Waals surface area contributed by atoms with Crippen LogP contribution in [0.15, 0.2) is 36.4 Å². The lowest BCUT2D eigenvalue weighted by Gasteiger charge is -2.23. The van der Waals surface area contributed by atoms with Crippen LogP contribution in [0.25, 0.3) is 0 Å². The fourth-order valence-electron chi connectivity index (χ4n) is 3.13. The van der Waals surface area contributed by atoms with Gasteiger partial charge in [0.15, 0.2) is 0 Å². The SMILES string of the molecule is CC#CCC(C)C(O)/C=C/[C@H]1CCC(=O)N1CCc1ccc(C(=O)O)cc1. The van der Waals surface area contributed by atoms with Crippen molar-refractivity contribution in [3.05, 3.63) is 47.5 Å². The molecule has 1 aliphatic heterocycles. The average Bonchev–Trinajstić information content (AvgIpc) is 3.02. The summed E-state index contributed by atoms with van der Waals surface area (Å²) in [7, 11) is 0. The zero-order valence-corrected chi connectivity index (χ0v) is 15.9. The Morgan fingerprint density at radius 1 is 1.37 bits per heavy atom. The lowest BCUT2D eigenvalue weighted by atomic mass is 10.00. The first-order valence-corrected chi connectivity index (χ1v) is 9.30. The van der Waals surface area contributed by atoms with E-state index >= 15 is 0 Å². The van der Waals surface area contributed by atoms with Crippen LogP contribution in [-0.2, 0) is 11.2 Å². The number of carboxylic acids is 1. The first-order chi connectivity index (χ1) is 12.9. The third-order valence-corrected chi connectivity index (χ3v) is 4.93. The monoisotopic (exact) mass is 369 g/mol. The van der Waals surface area contributed by atoms with Crippen LogP contribution in [0, 0.1) is 17.8 Å². The largest absolute Gasteiger partial charge is 0.478 e. The Kier molecular flexibility index (Phi) is 7.63. The van der Waals surface area contributed by atoms with Crippen molar-refractivity contribution in [2.45, 2.75) is 51.7 Å². The van der Waals surface area contributed by atoms with Crippen molar-refractivity contribution in [3.63, 3.8) is 0 Å². The number of aliphatic hydroxyl groups excluding tert-OH is 1. The molecule has 0 aliphatic carbocycles. The maximum absolute atomic E-state index is 12.2. The van der Waals surface area contributed by atoms with Crippen molar-refractivity contribution in [3.8, 4) is 11.8 Å². The Labute approximate surface area is 160 Å². The van der Waals surface area contributed by atoms with E-state index in [1.54, 1.807) is 37.3 Å². The number of hydrogen-bond acceptors (Lipinski definition) is 3. The molecule has 5 nitrogen and oxygen atoms in total. The Bertz CT molecular complexity index is 742. The molecule has 0 aromatic heterocycles. The molecule has 1 amide bonds. The van der Waals surface area contributed by atoms with Crippen LogP contribution in [-0.4, -0.2) is 45.7 Å². The van der Waals surface area contributed by atoms with Crippen molar-refractivity contribution in [1.29, 1.82) is 0 Å². The molecule has 1 heterocycles. The first kappa shape index (κ1) is 20.7. The van der Waals surface area contributed by atoms with Gasteiger partial charge in [0.25, 0.3) is 0 Å². The van der Waals surface area contributed by atoms with Crippen LogP contribution in [0.2, 0.25) is 0 Å². The molecule has 27 heavy (non-hydrogen) atoms. The number of aliphatic hydroxyl groups is 1. The lowest BCUT2D eigenvalue weighted by Crippen LogP contribution is -2.34. The molecular formula is C22H27NO4. The van der Waals surface area contributed by atoms with Crippen molar-refractivity contribution in [2.75, 3.05) is 6.54 Å². The van der Waals surface area contributed by atoms with Gasteiger partial charge in [-0.2, -0.15) is 0 Å². The quantitative estimate of drug-likeness (QED) is 0.546. The number of hydrogen-bond donors (Lipinski definition) is 2.